The molecule has 5 heteroatoms. The average Bonchev–Trinajstić information content (AvgIpc) is 2.41. The lowest BCUT2D eigenvalue weighted by molar-refractivity contribution is 0.102. The lowest BCUT2D eigenvalue weighted by Crippen LogP contribution is -2.16. The van der Waals surface area contributed by atoms with E-state index in [1.807, 2.05) is 31.3 Å². The number of rotatable bonds is 4. The van der Waals surface area contributed by atoms with Crippen LogP contribution in [0.4, 0.5) is 5.69 Å². The molecule has 0 aromatic heterocycles. The molecular formula is C15H14Cl2N2O. The van der Waals surface area contributed by atoms with Crippen molar-refractivity contribution in [1.29, 1.82) is 0 Å². The molecule has 0 spiro atoms. The van der Waals surface area contributed by atoms with Gasteiger partial charge in [0, 0.05) is 12.2 Å². The van der Waals surface area contributed by atoms with Gasteiger partial charge in [0.05, 0.1) is 15.6 Å². The Morgan fingerprint density at radius 1 is 1.05 bits per heavy atom. The molecule has 1 amide bonds. The first-order valence-electron chi connectivity index (χ1n) is 6.11. The minimum Gasteiger partial charge on any atom is -0.322 e. The number of halogens is 2. The predicted octanol–water partition coefficient (Wildman–Crippen LogP) is 3.97. The van der Waals surface area contributed by atoms with Gasteiger partial charge in [-0.2, -0.15) is 0 Å². The quantitative estimate of drug-likeness (QED) is 0.897. The number of hydrogen-bond donors (Lipinski definition) is 2. The number of nitrogens with one attached hydrogen (secondary N) is 2. The maximum Gasteiger partial charge on any atom is 0.258 e. The molecule has 0 heterocycles. The zero-order valence-corrected chi connectivity index (χ0v) is 12.4. The molecule has 0 saturated heterocycles. The van der Waals surface area contributed by atoms with Crippen LogP contribution >= 0.6 is 23.2 Å². The van der Waals surface area contributed by atoms with E-state index in [9.17, 15) is 4.79 Å². The smallest absolute Gasteiger partial charge is 0.258 e. The number of carbonyl (C=O) groups excluding carboxylic acids is 1. The van der Waals surface area contributed by atoms with Crippen molar-refractivity contribution in [3.63, 3.8) is 0 Å². The van der Waals surface area contributed by atoms with Crippen LogP contribution in [0.25, 0.3) is 0 Å². The van der Waals surface area contributed by atoms with Gasteiger partial charge in [0.1, 0.15) is 0 Å². The number of hydrogen-bond acceptors (Lipinski definition) is 2. The first-order chi connectivity index (χ1) is 9.63. The summed E-state index contributed by atoms with van der Waals surface area (Å²) in [4.78, 5) is 12.3. The fourth-order valence-corrected chi connectivity index (χ4v) is 2.46. The fraction of sp³-hybridized carbons (Fsp3) is 0.133. The third-order valence-electron chi connectivity index (χ3n) is 2.82. The molecule has 0 unspecified atom stereocenters. The van der Waals surface area contributed by atoms with E-state index in [0.717, 1.165) is 11.3 Å². The first-order valence-corrected chi connectivity index (χ1v) is 6.87. The number of carbonyl (C=O) groups is 1. The zero-order valence-electron chi connectivity index (χ0n) is 10.9. The van der Waals surface area contributed by atoms with E-state index >= 15 is 0 Å². The van der Waals surface area contributed by atoms with Crippen LogP contribution < -0.4 is 10.6 Å². The second-order valence-electron chi connectivity index (χ2n) is 4.24. The molecule has 2 aromatic rings. The fourth-order valence-electron chi connectivity index (χ4n) is 1.89. The molecule has 104 valence electrons. The van der Waals surface area contributed by atoms with Crippen LogP contribution in [0.1, 0.15) is 15.9 Å². The molecule has 0 aliphatic rings. The summed E-state index contributed by atoms with van der Waals surface area (Å²) in [6.07, 6.45) is 0. The number of amides is 1. The molecule has 0 aliphatic carbocycles. The summed E-state index contributed by atoms with van der Waals surface area (Å²) in [5.74, 6) is -0.316. The van der Waals surface area contributed by atoms with Crippen molar-refractivity contribution >= 4 is 34.8 Å². The number of para-hydroxylation sites is 1. The third kappa shape index (κ3) is 3.31. The molecule has 2 rings (SSSR count). The summed E-state index contributed by atoms with van der Waals surface area (Å²) in [5.41, 5.74) is 2.02. The van der Waals surface area contributed by atoms with Crippen LogP contribution in [0.15, 0.2) is 42.5 Å². The molecule has 0 atom stereocenters. The highest BCUT2D eigenvalue weighted by molar-refractivity contribution is 6.40. The van der Waals surface area contributed by atoms with Gasteiger partial charge in [0.2, 0.25) is 0 Å². The van der Waals surface area contributed by atoms with Crippen LogP contribution in [0, 0.1) is 0 Å². The van der Waals surface area contributed by atoms with Crippen LogP contribution in [-0.2, 0) is 6.54 Å². The molecule has 0 saturated carbocycles. The Kier molecular flexibility index (Phi) is 5.01. The molecule has 0 bridgehead atoms. The van der Waals surface area contributed by atoms with Gasteiger partial charge in [0.15, 0.2) is 0 Å². The largest absolute Gasteiger partial charge is 0.322 e. The van der Waals surface area contributed by atoms with Gasteiger partial charge in [-0.15, -0.1) is 0 Å². The Labute approximate surface area is 127 Å². The van der Waals surface area contributed by atoms with E-state index in [1.54, 1.807) is 18.2 Å². The van der Waals surface area contributed by atoms with Gasteiger partial charge in [0.25, 0.3) is 5.91 Å². The Bertz CT molecular complexity index is 609. The SMILES string of the molecule is CNCc1ccccc1NC(=O)c1c(Cl)cccc1Cl. The monoisotopic (exact) mass is 308 g/mol. The average molecular weight is 309 g/mol. The molecular weight excluding hydrogens is 295 g/mol. The minimum atomic E-state index is -0.316. The van der Waals surface area contributed by atoms with Gasteiger partial charge in [-0.05, 0) is 30.8 Å². The highest BCUT2D eigenvalue weighted by Crippen LogP contribution is 2.26. The molecule has 0 fully saturated rings. The van der Waals surface area contributed by atoms with Crippen LogP contribution in [0.3, 0.4) is 0 Å². The Hall–Kier alpha value is -1.55. The van der Waals surface area contributed by atoms with E-state index in [0.29, 0.717) is 16.6 Å². The van der Waals surface area contributed by atoms with Crippen LogP contribution in [0.5, 0.6) is 0 Å². The normalized spacial score (nSPS) is 10.3. The first kappa shape index (κ1) is 14.9. The van der Waals surface area contributed by atoms with Crippen molar-refractivity contribution in [2.24, 2.45) is 0 Å². The second-order valence-corrected chi connectivity index (χ2v) is 5.05. The van der Waals surface area contributed by atoms with Crippen LogP contribution in [-0.4, -0.2) is 13.0 Å². The van der Waals surface area contributed by atoms with Crippen molar-refractivity contribution in [1.82, 2.24) is 5.32 Å². The summed E-state index contributed by atoms with van der Waals surface area (Å²) in [6.45, 7) is 0.659. The summed E-state index contributed by atoms with van der Waals surface area (Å²) in [5, 5.41) is 6.57. The molecule has 0 aliphatic heterocycles. The Morgan fingerprint density at radius 3 is 2.35 bits per heavy atom. The Morgan fingerprint density at radius 2 is 1.70 bits per heavy atom. The summed E-state index contributed by atoms with van der Waals surface area (Å²) in [6, 6.07) is 12.6. The van der Waals surface area contributed by atoms with E-state index in [4.69, 9.17) is 23.2 Å². The van der Waals surface area contributed by atoms with Gasteiger partial charge in [-0.1, -0.05) is 47.5 Å². The summed E-state index contributed by atoms with van der Waals surface area (Å²) in [7, 11) is 1.85. The zero-order chi connectivity index (χ0) is 14.5. The number of benzene rings is 2. The van der Waals surface area contributed by atoms with E-state index in [-0.39, 0.29) is 11.5 Å². The molecule has 2 N–H and O–H groups in total. The van der Waals surface area contributed by atoms with E-state index < -0.39 is 0 Å². The van der Waals surface area contributed by atoms with Crippen molar-refractivity contribution < 1.29 is 4.79 Å². The molecule has 3 nitrogen and oxygen atoms in total. The standard InChI is InChI=1S/C15H14Cl2N2O/c1-18-9-10-5-2-3-8-13(10)19-15(20)14-11(16)6-4-7-12(14)17/h2-8,18H,9H2,1H3,(H,19,20). The minimum absolute atomic E-state index is 0.287. The highest BCUT2D eigenvalue weighted by Gasteiger charge is 2.15. The van der Waals surface area contributed by atoms with Gasteiger partial charge >= 0.3 is 0 Å². The van der Waals surface area contributed by atoms with Crippen molar-refractivity contribution in [2.75, 3.05) is 12.4 Å². The van der Waals surface area contributed by atoms with Crippen molar-refractivity contribution in [2.45, 2.75) is 6.54 Å². The maximum atomic E-state index is 12.3. The highest BCUT2D eigenvalue weighted by atomic mass is 35.5. The van der Waals surface area contributed by atoms with Crippen LogP contribution in [0.2, 0.25) is 10.0 Å². The van der Waals surface area contributed by atoms with Gasteiger partial charge in [-0.25, -0.2) is 0 Å². The summed E-state index contributed by atoms with van der Waals surface area (Å²) < 4.78 is 0. The Balaban J connectivity index is 2.28. The third-order valence-corrected chi connectivity index (χ3v) is 3.45. The van der Waals surface area contributed by atoms with E-state index in [2.05, 4.69) is 10.6 Å². The molecule has 2 aromatic carbocycles. The topological polar surface area (TPSA) is 41.1 Å². The number of anilines is 1. The van der Waals surface area contributed by atoms with Crippen molar-refractivity contribution in [3.8, 4) is 0 Å². The van der Waals surface area contributed by atoms with Crippen molar-refractivity contribution in [3.05, 3.63) is 63.6 Å². The molecule has 0 radical (unpaired) electrons. The second kappa shape index (κ2) is 6.75. The lowest BCUT2D eigenvalue weighted by atomic mass is 10.1. The maximum absolute atomic E-state index is 12.3. The lowest BCUT2D eigenvalue weighted by Gasteiger charge is -2.12. The van der Waals surface area contributed by atoms with Gasteiger partial charge < -0.3 is 10.6 Å². The molecule has 20 heavy (non-hydrogen) atoms. The van der Waals surface area contributed by atoms with Gasteiger partial charge in [-0.3, -0.25) is 4.79 Å². The van der Waals surface area contributed by atoms with E-state index in [1.165, 1.54) is 0 Å². The summed E-state index contributed by atoms with van der Waals surface area (Å²) >= 11 is 12.1. The predicted molar refractivity (Wildman–Crippen MR) is 83.6 cm³/mol.